The molecule has 1 fully saturated rings. The van der Waals surface area contributed by atoms with Gasteiger partial charge < -0.3 is 25.0 Å². The second-order valence-electron chi connectivity index (χ2n) is 7.67. The Kier molecular flexibility index (Phi) is 4.30. The Morgan fingerprint density at radius 3 is 2.86 bits per heavy atom. The van der Waals surface area contributed by atoms with Crippen LogP contribution in [0.1, 0.15) is 41.7 Å². The number of rotatable bonds is 3. The van der Waals surface area contributed by atoms with Gasteiger partial charge in [-0.2, -0.15) is 0 Å². The molecular formula is C22H23N3O4. The Bertz CT molecular complexity index is 990. The molecule has 0 bridgehead atoms. The number of benzene rings is 2. The van der Waals surface area contributed by atoms with Gasteiger partial charge in [0.25, 0.3) is 5.91 Å². The molecule has 1 saturated heterocycles. The molecule has 0 spiro atoms. The van der Waals surface area contributed by atoms with E-state index in [9.17, 15) is 9.59 Å². The first-order valence-corrected chi connectivity index (χ1v) is 10.0. The van der Waals surface area contributed by atoms with Crippen LogP contribution in [0, 0.1) is 0 Å². The quantitative estimate of drug-likeness (QED) is 0.838. The van der Waals surface area contributed by atoms with Gasteiger partial charge in [0.15, 0.2) is 11.5 Å². The number of nitrogens with one attached hydrogen (secondary N) is 2. The normalized spacial score (nSPS) is 20.4. The molecule has 0 unspecified atom stereocenters. The molecule has 2 amide bonds. The third kappa shape index (κ3) is 3.16. The smallest absolute Gasteiger partial charge is 0.251 e. The van der Waals surface area contributed by atoms with Crippen LogP contribution in [0.25, 0.3) is 0 Å². The van der Waals surface area contributed by atoms with E-state index < -0.39 is 0 Å². The van der Waals surface area contributed by atoms with Crippen LogP contribution in [0.4, 0.5) is 11.4 Å². The Morgan fingerprint density at radius 2 is 2.00 bits per heavy atom. The molecule has 7 heteroatoms. The molecule has 150 valence electrons. The summed E-state index contributed by atoms with van der Waals surface area (Å²) in [7, 11) is 0. The maximum Gasteiger partial charge on any atom is 0.251 e. The highest BCUT2D eigenvalue weighted by molar-refractivity contribution is 6.06. The molecule has 0 radical (unpaired) electrons. The number of hydrogen-bond acceptors (Lipinski definition) is 5. The molecule has 2 N–H and O–H groups in total. The third-order valence-electron chi connectivity index (χ3n) is 5.80. The summed E-state index contributed by atoms with van der Waals surface area (Å²) in [5, 5.41) is 5.98. The molecule has 2 atom stereocenters. The lowest BCUT2D eigenvalue weighted by Gasteiger charge is -2.33. The van der Waals surface area contributed by atoms with Gasteiger partial charge in [0.1, 0.15) is 19.3 Å². The molecule has 3 aliphatic rings. The van der Waals surface area contributed by atoms with Gasteiger partial charge >= 0.3 is 0 Å². The average molecular weight is 393 g/mol. The minimum Gasteiger partial charge on any atom is -0.486 e. The van der Waals surface area contributed by atoms with E-state index in [0.29, 0.717) is 30.2 Å². The van der Waals surface area contributed by atoms with Crippen molar-refractivity contribution in [3.63, 3.8) is 0 Å². The van der Waals surface area contributed by atoms with Crippen LogP contribution in [-0.4, -0.2) is 37.6 Å². The standard InChI is InChI=1S/C22H23N3O4/c1-13(14-5-7-19-20(12-14)29-10-9-28-19)23-21(26)15-4-6-17-16(11-15)24-22(27)18-3-2-8-25(17)18/h4-7,11-13,18H,2-3,8-10H2,1H3,(H,23,26)(H,24,27)/t13-,18-/m1/s1. The molecule has 2 aromatic carbocycles. The molecular weight excluding hydrogens is 370 g/mol. The van der Waals surface area contributed by atoms with Gasteiger partial charge in [-0.05, 0) is 55.7 Å². The lowest BCUT2D eigenvalue weighted by molar-refractivity contribution is -0.117. The second-order valence-corrected chi connectivity index (χ2v) is 7.67. The molecule has 29 heavy (non-hydrogen) atoms. The largest absolute Gasteiger partial charge is 0.486 e. The fourth-order valence-corrected chi connectivity index (χ4v) is 4.26. The van der Waals surface area contributed by atoms with E-state index >= 15 is 0 Å². The SMILES string of the molecule is C[C@@H](NC(=O)c1ccc2c(c1)NC(=O)[C@H]1CCCN21)c1ccc2c(c1)OCCO2. The van der Waals surface area contributed by atoms with E-state index in [4.69, 9.17) is 9.47 Å². The van der Waals surface area contributed by atoms with E-state index in [0.717, 1.165) is 36.4 Å². The van der Waals surface area contributed by atoms with Crippen LogP contribution < -0.4 is 25.0 Å². The van der Waals surface area contributed by atoms with Crippen LogP contribution in [0.3, 0.4) is 0 Å². The first-order chi connectivity index (χ1) is 14.1. The number of hydrogen-bond donors (Lipinski definition) is 2. The van der Waals surface area contributed by atoms with Crippen molar-refractivity contribution >= 4 is 23.2 Å². The van der Waals surface area contributed by atoms with Gasteiger partial charge in [-0.25, -0.2) is 0 Å². The number of ether oxygens (including phenoxy) is 2. The van der Waals surface area contributed by atoms with E-state index in [2.05, 4.69) is 15.5 Å². The van der Waals surface area contributed by atoms with Gasteiger partial charge in [-0.1, -0.05) is 6.07 Å². The zero-order chi connectivity index (χ0) is 20.0. The van der Waals surface area contributed by atoms with Crippen LogP contribution in [-0.2, 0) is 4.79 Å². The number of carbonyl (C=O) groups excluding carboxylic acids is 2. The molecule has 0 aliphatic carbocycles. The summed E-state index contributed by atoms with van der Waals surface area (Å²) in [5.74, 6) is 1.25. The summed E-state index contributed by atoms with van der Waals surface area (Å²) < 4.78 is 11.2. The highest BCUT2D eigenvalue weighted by Gasteiger charge is 2.36. The molecule has 3 heterocycles. The Morgan fingerprint density at radius 1 is 1.17 bits per heavy atom. The van der Waals surface area contributed by atoms with E-state index in [1.807, 2.05) is 37.3 Å². The fourth-order valence-electron chi connectivity index (χ4n) is 4.26. The monoisotopic (exact) mass is 393 g/mol. The zero-order valence-corrected chi connectivity index (χ0v) is 16.2. The van der Waals surface area contributed by atoms with E-state index in [-0.39, 0.29) is 23.9 Å². The molecule has 0 aromatic heterocycles. The molecule has 5 rings (SSSR count). The zero-order valence-electron chi connectivity index (χ0n) is 16.2. The lowest BCUT2D eigenvalue weighted by Crippen LogP contribution is -2.44. The summed E-state index contributed by atoms with van der Waals surface area (Å²) in [6.07, 6.45) is 1.88. The van der Waals surface area contributed by atoms with Gasteiger partial charge in [0.2, 0.25) is 5.91 Å². The van der Waals surface area contributed by atoms with Crippen LogP contribution in [0.5, 0.6) is 11.5 Å². The first-order valence-electron chi connectivity index (χ1n) is 10.0. The van der Waals surface area contributed by atoms with Crippen LogP contribution >= 0.6 is 0 Å². The van der Waals surface area contributed by atoms with Gasteiger partial charge in [-0.3, -0.25) is 9.59 Å². The van der Waals surface area contributed by atoms with Gasteiger partial charge in [0.05, 0.1) is 17.4 Å². The van der Waals surface area contributed by atoms with Gasteiger partial charge in [0, 0.05) is 12.1 Å². The molecule has 3 aliphatic heterocycles. The van der Waals surface area contributed by atoms with E-state index in [1.165, 1.54) is 0 Å². The Hall–Kier alpha value is -3.22. The summed E-state index contributed by atoms with van der Waals surface area (Å²) in [6, 6.07) is 10.9. The topological polar surface area (TPSA) is 79.9 Å². The molecule has 7 nitrogen and oxygen atoms in total. The van der Waals surface area contributed by atoms with Gasteiger partial charge in [-0.15, -0.1) is 0 Å². The fraction of sp³-hybridized carbons (Fsp3) is 0.364. The maximum atomic E-state index is 12.8. The van der Waals surface area contributed by atoms with Crippen molar-refractivity contribution in [3.8, 4) is 11.5 Å². The predicted octanol–water partition coefficient (Wildman–Crippen LogP) is 2.87. The predicted molar refractivity (Wildman–Crippen MR) is 109 cm³/mol. The molecule has 2 aromatic rings. The number of carbonyl (C=O) groups is 2. The summed E-state index contributed by atoms with van der Waals surface area (Å²) in [5.41, 5.74) is 3.15. The number of amides is 2. The van der Waals surface area contributed by atoms with Crippen molar-refractivity contribution < 1.29 is 19.1 Å². The number of nitrogens with zero attached hydrogens (tertiary/aromatic N) is 1. The minimum atomic E-state index is -0.202. The highest BCUT2D eigenvalue weighted by atomic mass is 16.6. The summed E-state index contributed by atoms with van der Waals surface area (Å²) in [4.78, 5) is 27.3. The number of anilines is 2. The Balaban J connectivity index is 1.33. The Labute approximate surface area is 169 Å². The minimum absolute atomic E-state index is 0.0113. The highest BCUT2D eigenvalue weighted by Crippen LogP contribution is 2.37. The van der Waals surface area contributed by atoms with Crippen molar-refractivity contribution in [1.82, 2.24) is 5.32 Å². The summed E-state index contributed by atoms with van der Waals surface area (Å²) >= 11 is 0. The van der Waals surface area contributed by atoms with Crippen molar-refractivity contribution in [2.24, 2.45) is 0 Å². The maximum absolute atomic E-state index is 12.8. The van der Waals surface area contributed by atoms with Crippen molar-refractivity contribution in [1.29, 1.82) is 0 Å². The lowest BCUT2D eigenvalue weighted by atomic mass is 10.0. The summed E-state index contributed by atoms with van der Waals surface area (Å²) in [6.45, 7) is 3.87. The van der Waals surface area contributed by atoms with Crippen molar-refractivity contribution in [2.75, 3.05) is 30.0 Å². The van der Waals surface area contributed by atoms with Crippen LogP contribution in [0.2, 0.25) is 0 Å². The molecule has 0 saturated carbocycles. The first kappa shape index (κ1) is 17.8. The average Bonchev–Trinajstić information content (AvgIpc) is 3.24. The van der Waals surface area contributed by atoms with Crippen molar-refractivity contribution in [2.45, 2.75) is 31.8 Å². The van der Waals surface area contributed by atoms with E-state index in [1.54, 1.807) is 6.07 Å². The number of fused-ring (bicyclic) bond motifs is 4. The third-order valence-corrected chi connectivity index (χ3v) is 5.80. The van der Waals surface area contributed by atoms with Crippen LogP contribution in [0.15, 0.2) is 36.4 Å². The van der Waals surface area contributed by atoms with Crippen molar-refractivity contribution in [3.05, 3.63) is 47.5 Å². The second kappa shape index (κ2) is 6.99.